The number of anilines is 1. The monoisotopic (exact) mass is 352 g/mol. The lowest BCUT2D eigenvalue weighted by Crippen LogP contribution is -2.39. The summed E-state index contributed by atoms with van der Waals surface area (Å²) in [4.78, 5) is 13.3. The molecule has 1 aromatic rings. The Bertz CT molecular complexity index is 608. The molecule has 0 unspecified atom stereocenters. The molecule has 1 aliphatic heterocycles. The van der Waals surface area contributed by atoms with Gasteiger partial charge in [-0.05, 0) is 31.0 Å². The molecule has 0 aromatic heterocycles. The molecule has 0 spiro atoms. The summed E-state index contributed by atoms with van der Waals surface area (Å²) in [5.41, 5.74) is -2.55. The second kappa shape index (κ2) is 6.37. The fourth-order valence-corrected chi connectivity index (χ4v) is 2.26. The Morgan fingerprint density at radius 1 is 0.958 bits per heavy atom. The van der Waals surface area contributed by atoms with Crippen LogP contribution in [-0.4, -0.2) is 24.0 Å². The van der Waals surface area contributed by atoms with E-state index in [1.54, 1.807) is 0 Å². The third-order valence-corrected chi connectivity index (χ3v) is 3.60. The van der Waals surface area contributed by atoms with E-state index >= 15 is 0 Å². The number of nitrogens with one attached hydrogen (secondary N) is 1. The minimum Gasteiger partial charge on any atom is -0.324 e. The van der Waals surface area contributed by atoms with Gasteiger partial charge in [-0.25, -0.2) is 4.79 Å². The molecule has 1 aliphatic rings. The maximum absolute atomic E-state index is 12.8. The molecule has 9 heteroatoms. The molecule has 3 nitrogen and oxygen atoms in total. The van der Waals surface area contributed by atoms with Crippen LogP contribution in [0.25, 0.3) is 0 Å². The molecule has 0 aliphatic carbocycles. The van der Waals surface area contributed by atoms with E-state index in [0.717, 1.165) is 5.57 Å². The van der Waals surface area contributed by atoms with Crippen molar-refractivity contribution in [2.45, 2.75) is 25.2 Å². The number of piperidine rings is 1. The molecule has 2 amide bonds. The zero-order valence-electron chi connectivity index (χ0n) is 12.4. The molecule has 1 heterocycles. The maximum Gasteiger partial charge on any atom is 0.416 e. The van der Waals surface area contributed by atoms with Crippen LogP contribution in [-0.2, 0) is 12.4 Å². The molecule has 1 aromatic carbocycles. The van der Waals surface area contributed by atoms with Crippen LogP contribution in [0.3, 0.4) is 0 Å². The van der Waals surface area contributed by atoms with Crippen molar-refractivity contribution in [1.29, 1.82) is 0 Å². The molecule has 0 atom stereocenters. The zero-order chi connectivity index (χ0) is 18.1. The van der Waals surface area contributed by atoms with Crippen LogP contribution in [0.2, 0.25) is 0 Å². The minimum atomic E-state index is -4.95. The first kappa shape index (κ1) is 18.2. The van der Waals surface area contributed by atoms with E-state index < -0.39 is 35.2 Å². The summed E-state index contributed by atoms with van der Waals surface area (Å²) in [7, 11) is 0. The van der Waals surface area contributed by atoms with Gasteiger partial charge in [-0.3, -0.25) is 0 Å². The van der Waals surface area contributed by atoms with Gasteiger partial charge in [0.2, 0.25) is 0 Å². The standard InChI is InChI=1S/C15H14F6N2O/c1-9-2-4-23(5-3-9)13(24)22-12-7-10(14(16,17)18)6-11(8-12)15(19,20)21/h6-8H,1-5H2,(H,22,24). The Labute approximate surface area is 133 Å². The molecule has 2 rings (SSSR count). The Morgan fingerprint density at radius 3 is 1.83 bits per heavy atom. The van der Waals surface area contributed by atoms with Crippen molar-refractivity contribution in [3.8, 4) is 0 Å². The van der Waals surface area contributed by atoms with Gasteiger partial charge in [0.1, 0.15) is 0 Å². The highest BCUT2D eigenvalue weighted by atomic mass is 19.4. The molecule has 0 saturated carbocycles. The molecule has 132 valence electrons. The Balaban J connectivity index is 2.25. The first-order chi connectivity index (χ1) is 11.0. The molecule has 24 heavy (non-hydrogen) atoms. The van der Waals surface area contributed by atoms with Crippen LogP contribution >= 0.6 is 0 Å². The Kier molecular flexibility index (Phi) is 4.82. The van der Waals surface area contributed by atoms with E-state index in [0.29, 0.717) is 38.1 Å². The van der Waals surface area contributed by atoms with E-state index in [4.69, 9.17) is 0 Å². The van der Waals surface area contributed by atoms with Gasteiger partial charge in [0.05, 0.1) is 11.1 Å². The topological polar surface area (TPSA) is 32.3 Å². The lowest BCUT2D eigenvalue weighted by molar-refractivity contribution is -0.143. The minimum absolute atomic E-state index is 0.0144. The van der Waals surface area contributed by atoms with E-state index in [-0.39, 0.29) is 6.07 Å². The number of hydrogen-bond donors (Lipinski definition) is 1. The summed E-state index contributed by atoms with van der Waals surface area (Å²) in [6.07, 6.45) is -8.82. The predicted molar refractivity (Wildman–Crippen MR) is 75.4 cm³/mol. The Hall–Kier alpha value is -2.19. The van der Waals surface area contributed by atoms with Gasteiger partial charge in [0.15, 0.2) is 0 Å². The van der Waals surface area contributed by atoms with Crippen molar-refractivity contribution >= 4 is 11.7 Å². The number of carbonyl (C=O) groups excluding carboxylic acids is 1. The molecule has 0 bridgehead atoms. The van der Waals surface area contributed by atoms with E-state index in [2.05, 4.69) is 11.9 Å². The first-order valence-corrected chi connectivity index (χ1v) is 6.99. The SMILES string of the molecule is C=C1CCN(C(=O)Nc2cc(C(F)(F)F)cc(C(F)(F)F)c2)CC1. The number of carbonyl (C=O) groups is 1. The van der Waals surface area contributed by atoms with Crippen molar-refractivity contribution < 1.29 is 31.1 Å². The number of amides is 2. The number of nitrogens with zero attached hydrogens (tertiary/aromatic N) is 1. The summed E-state index contributed by atoms with van der Waals surface area (Å²) in [6.45, 7) is 4.39. The van der Waals surface area contributed by atoms with E-state index in [1.807, 2.05) is 0 Å². The second-order valence-electron chi connectivity index (χ2n) is 5.46. The third-order valence-electron chi connectivity index (χ3n) is 3.60. The highest BCUT2D eigenvalue weighted by molar-refractivity contribution is 5.89. The quantitative estimate of drug-likeness (QED) is 0.565. The number of halogens is 6. The van der Waals surface area contributed by atoms with Crippen molar-refractivity contribution in [2.75, 3.05) is 18.4 Å². The van der Waals surface area contributed by atoms with Gasteiger partial charge in [-0.1, -0.05) is 12.2 Å². The fourth-order valence-electron chi connectivity index (χ4n) is 2.26. The maximum atomic E-state index is 12.8. The second-order valence-corrected chi connectivity index (χ2v) is 5.46. The third kappa shape index (κ3) is 4.42. The van der Waals surface area contributed by atoms with Gasteiger partial charge >= 0.3 is 18.4 Å². The van der Waals surface area contributed by atoms with Crippen molar-refractivity contribution in [3.05, 3.63) is 41.5 Å². The summed E-state index contributed by atoms with van der Waals surface area (Å²) in [5.74, 6) is 0. The van der Waals surface area contributed by atoms with Crippen molar-refractivity contribution in [3.63, 3.8) is 0 Å². The smallest absolute Gasteiger partial charge is 0.324 e. The van der Waals surface area contributed by atoms with E-state index in [1.165, 1.54) is 4.90 Å². The van der Waals surface area contributed by atoms with E-state index in [9.17, 15) is 31.1 Å². The van der Waals surface area contributed by atoms with Gasteiger partial charge in [0.25, 0.3) is 0 Å². The van der Waals surface area contributed by atoms with Crippen molar-refractivity contribution in [1.82, 2.24) is 4.90 Å². The van der Waals surface area contributed by atoms with Gasteiger partial charge in [0, 0.05) is 18.8 Å². The van der Waals surface area contributed by atoms with Crippen molar-refractivity contribution in [2.24, 2.45) is 0 Å². The average molecular weight is 352 g/mol. The number of likely N-dealkylation sites (tertiary alicyclic amines) is 1. The molecule has 1 N–H and O–H groups in total. The van der Waals surface area contributed by atoms with Gasteiger partial charge < -0.3 is 10.2 Å². The van der Waals surface area contributed by atoms with Crippen LogP contribution in [0.1, 0.15) is 24.0 Å². The van der Waals surface area contributed by atoms with Crippen LogP contribution in [0.15, 0.2) is 30.4 Å². The van der Waals surface area contributed by atoms with Crippen LogP contribution in [0, 0.1) is 0 Å². The molecule has 1 saturated heterocycles. The fraction of sp³-hybridized carbons (Fsp3) is 0.400. The summed E-state index contributed by atoms with van der Waals surface area (Å²) < 4.78 is 76.6. The average Bonchev–Trinajstić information content (AvgIpc) is 2.45. The Morgan fingerprint density at radius 2 is 1.42 bits per heavy atom. The van der Waals surface area contributed by atoms with Crippen LogP contribution < -0.4 is 5.32 Å². The predicted octanol–water partition coefficient (Wildman–Crippen LogP) is 4.91. The number of urea groups is 1. The lowest BCUT2D eigenvalue weighted by atomic mass is 10.1. The zero-order valence-corrected chi connectivity index (χ0v) is 12.4. The molecular weight excluding hydrogens is 338 g/mol. The first-order valence-electron chi connectivity index (χ1n) is 6.99. The number of rotatable bonds is 1. The highest BCUT2D eigenvalue weighted by Gasteiger charge is 2.37. The van der Waals surface area contributed by atoms with Gasteiger partial charge in [-0.2, -0.15) is 26.3 Å². The normalized spacial score (nSPS) is 16.2. The highest BCUT2D eigenvalue weighted by Crippen LogP contribution is 2.37. The summed E-state index contributed by atoms with van der Waals surface area (Å²) >= 11 is 0. The number of benzene rings is 1. The van der Waals surface area contributed by atoms with Gasteiger partial charge in [-0.15, -0.1) is 0 Å². The lowest BCUT2D eigenvalue weighted by Gasteiger charge is -2.28. The van der Waals surface area contributed by atoms with Crippen LogP contribution in [0.4, 0.5) is 36.8 Å². The molecule has 0 radical (unpaired) electrons. The molecule has 1 fully saturated rings. The number of alkyl halides is 6. The van der Waals surface area contributed by atoms with Crippen LogP contribution in [0.5, 0.6) is 0 Å². The summed E-state index contributed by atoms with van der Waals surface area (Å²) in [5, 5.41) is 2.11. The number of hydrogen-bond acceptors (Lipinski definition) is 1. The summed E-state index contributed by atoms with van der Waals surface area (Å²) in [6, 6.07) is 0.238. The largest absolute Gasteiger partial charge is 0.416 e. The molecular formula is C15H14F6N2O.